The molecule has 0 spiro atoms. The molecule has 1 aliphatic rings. The van der Waals surface area contributed by atoms with Crippen molar-refractivity contribution >= 4 is 44.7 Å². The zero-order valence-electron chi connectivity index (χ0n) is 15.4. The number of benzene rings is 3. The Labute approximate surface area is 171 Å². The van der Waals surface area contributed by atoms with E-state index in [1.165, 1.54) is 0 Å². The van der Waals surface area contributed by atoms with E-state index < -0.39 is 5.92 Å². The van der Waals surface area contributed by atoms with Gasteiger partial charge in [0, 0.05) is 23.4 Å². The molecule has 142 valence electrons. The molecule has 0 saturated carbocycles. The van der Waals surface area contributed by atoms with Gasteiger partial charge in [-0.2, -0.15) is 0 Å². The number of nitrogens with one attached hydrogen (secondary N) is 2. The minimum Gasteiger partial charge on any atom is -0.326 e. The Morgan fingerprint density at radius 2 is 1.76 bits per heavy atom. The molecule has 0 saturated heterocycles. The summed E-state index contributed by atoms with van der Waals surface area (Å²) in [5.74, 6) is -0.820. The maximum atomic E-state index is 12.8. The van der Waals surface area contributed by atoms with Crippen molar-refractivity contribution in [2.75, 3.05) is 10.6 Å². The smallest absolute Gasteiger partial charge is 0.232 e. The number of carbonyl (C=O) groups excluding carboxylic acids is 2. The molecule has 0 bridgehead atoms. The second-order valence-electron chi connectivity index (χ2n) is 6.95. The van der Waals surface area contributed by atoms with Crippen LogP contribution in [0.25, 0.3) is 20.8 Å². The molecule has 5 rings (SSSR count). The van der Waals surface area contributed by atoms with Gasteiger partial charge in [0.2, 0.25) is 11.8 Å². The SMILES string of the molecule is O=C1CC(C(=O)Nc2ccc(-c3nc4ccccc4s3)cc2)c2ccccc2N1. The summed E-state index contributed by atoms with van der Waals surface area (Å²) in [4.78, 5) is 29.5. The average molecular weight is 399 g/mol. The molecule has 1 aromatic heterocycles. The van der Waals surface area contributed by atoms with E-state index in [1.807, 2.05) is 66.7 Å². The number of para-hydroxylation sites is 2. The van der Waals surface area contributed by atoms with Crippen LogP contribution >= 0.6 is 11.3 Å². The van der Waals surface area contributed by atoms with Gasteiger partial charge in [0.1, 0.15) is 5.01 Å². The highest BCUT2D eigenvalue weighted by Gasteiger charge is 2.30. The number of amides is 2. The molecule has 5 nitrogen and oxygen atoms in total. The van der Waals surface area contributed by atoms with Gasteiger partial charge >= 0.3 is 0 Å². The zero-order chi connectivity index (χ0) is 19.8. The predicted octanol–water partition coefficient (Wildman–Crippen LogP) is 5.03. The molecule has 2 N–H and O–H groups in total. The molecule has 1 aliphatic heterocycles. The minimum absolute atomic E-state index is 0.143. The van der Waals surface area contributed by atoms with Gasteiger partial charge in [-0.15, -0.1) is 11.3 Å². The van der Waals surface area contributed by atoms with Gasteiger partial charge in [-0.05, 0) is 48.0 Å². The zero-order valence-corrected chi connectivity index (χ0v) is 16.2. The van der Waals surface area contributed by atoms with Crippen LogP contribution in [-0.2, 0) is 9.59 Å². The first-order chi connectivity index (χ1) is 14.2. The summed E-state index contributed by atoms with van der Waals surface area (Å²) in [5, 5.41) is 6.71. The Kier molecular flexibility index (Phi) is 4.33. The molecule has 2 amide bonds. The second kappa shape index (κ2) is 7.14. The first-order valence-electron chi connectivity index (χ1n) is 9.33. The quantitative estimate of drug-likeness (QED) is 0.508. The third kappa shape index (κ3) is 3.39. The van der Waals surface area contributed by atoms with E-state index in [0.29, 0.717) is 11.4 Å². The van der Waals surface area contributed by atoms with E-state index in [9.17, 15) is 9.59 Å². The van der Waals surface area contributed by atoms with Crippen LogP contribution in [0.1, 0.15) is 17.9 Å². The van der Waals surface area contributed by atoms with Crippen molar-refractivity contribution in [3.63, 3.8) is 0 Å². The average Bonchev–Trinajstić information content (AvgIpc) is 3.18. The van der Waals surface area contributed by atoms with Gasteiger partial charge in [-0.25, -0.2) is 4.98 Å². The Morgan fingerprint density at radius 1 is 1.00 bits per heavy atom. The largest absolute Gasteiger partial charge is 0.326 e. The first-order valence-corrected chi connectivity index (χ1v) is 10.1. The van der Waals surface area contributed by atoms with Crippen molar-refractivity contribution in [2.24, 2.45) is 0 Å². The predicted molar refractivity (Wildman–Crippen MR) is 116 cm³/mol. The summed E-state index contributed by atoms with van der Waals surface area (Å²) in [6.45, 7) is 0. The molecule has 1 atom stereocenters. The van der Waals surface area contributed by atoms with Crippen molar-refractivity contribution in [2.45, 2.75) is 12.3 Å². The maximum Gasteiger partial charge on any atom is 0.232 e. The molecule has 2 heterocycles. The lowest BCUT2D eigenvalue weighted by atomic mass is 9.90. The third-order valence-corrected chi connectivity index (χ3v) is 6.10. The molecule has 3 aromatic carbocycles. The van der Waals surface area contributed by atoms with Crippen molar-refractivity contribution in [3.8, 4) is 10.6 Å². The maximum absolute atomic E-state index is 12.8. The lowest BCUT2D eigenvalue weighted by molar-refractivity contribution is -0.123. The highest BCUT2D eigenvalue weighted by Crippen LogP contribution is 2.34. The van der Waals surface area contributed by atoms with Gasteiger partial charge in [-0.3, -0.25) is 9.59 Å². The molecular formula is C23H17N3O2S. The van der Waals surface area contributed by atoms with Crippen molar-refractivity contribution < 1.29 is 9.59 Å². The summed E-state index contributed by atoms with van der Waals surface area (Å²) in [7, 11) is 0. The fourth-order valence-electron chi connectivity index (χ4n) is 3.57. The van der Waals surface area contributed by atoms with Crippen molar-refractivity contribution in [3.05, 3.63) is 78.4 Å². The fraction of sp³-hybridized carbons (Fsp3) is 0.0870. The Hall–Kier alpha value is -3.51. The van der Waals surface area contributed by atoms with Crippen molar-refractivity contribution in [1.82, 2.24) is 4.98 Å². The number of hydrogen-bond donors (Lipinski definition) is 2. The Morgan fingerprint density at radius 3 is 2.59 bits per heavy atom. The van der Waals surface area contributed by atoms with E-state index in [0.717, 1.165) is 26.4 Å². The summed E-state index contributed by atoms with van der Waals surface area (Å²) < 4.78 is 1.15. The number of aromatic nitrogens is 1. The minimum atomic E-state index is -0.496. The molecule has 1 unspecified atom stereocenters. The molecule has 0 fully saturated rings. The topological polar surface area (TPSA) is 71.1 Å². The number of rotatable bonds is 3. The van der Waals surface area contributed by atoms with Crippen LogP contribution < -0.4 is 10.6 Å². The van der Waals surface area contributed by atoms with Gasteiger partial charge in [0.25, 0.3) is 0 Å². The van der Waals surface area contributed by atoms with Crippen molar-refractivity contribution in [1.29, 1.82) is 0 Å². The van der Waals surface area contributed by atoms with E-state index in [4.69, 9.17) is 0 Å². The van der Waals surface area contributed by atoms with Crippen LogP contribution in [0.5, 0.6) is 0 Å². The molecule has 4 aromatic rings. The lowest BCUT2D eigenvalue weighted by Gasteiger charge is -2.24. The second-order valence-corrected chi connectivity index (χ2v) is 7.98. The fourth-order valence-corrected chi connectivity index (χ4v) is 4.54. The number of fused-ring (bicyclic) bond motifs is 2. The third-order valence-electron chi connectivity index (χ3n) is 5.01. The molecule has 6 heteroatoms. The summed E-state index contributed by atoms with van der Waals surface area (Å²) in [6.07, 6.45) is 0.145. The van der Waals surface area contributed by atoms with E-state index in [-0.39, 0.29) is 18.2 Å². The number of nitrogens with zero attached hydrogens (tertiary/aromatic N) is 1. The van der Waals surface area contributed by atoms with Crippen LogP contribution in [-0.4, -0.2) is 16.8 Å². The Bertz CT molecular complexity index is 1200. The van der Waals surface area contributed by atoms with Crippen LogP contribution in [0.3, 0.4) is 0 Å². The van der Waals surface area contributed by atoms with E-state index >= 15 is 0 Å². The van der Waals surface area contributed by atoms with Crippen LogP contribution in [0.2, 0.25) is 0 Å². The molecule has 0 aliphatic carbocycles. The van der Waals surface area contributed by atoms with Gasteiger partial charge in [0.15, 0.2) is 0 Å². The number of carbonyl (C=O) groups is 2. The van der Waals surface area contributed by atoms with E-state index in [2.05, 4.69) is 21.7 Å². The lowest BCUT2D eigenvalue weighted by Crippen LogP contribution is -2.30. The Balaban J connectivity index is 1.36. The van der Waals surface area contributed by atoms with Crippen LogP contribution in [0.15, 0.2) is 72.8 Å². The van der Waals surface area contributed by atoms with E-state index in [1.54, 1.807) is 11.3 Å². The first kappa shape index (κ1) is 17.6. The van der Waals surface area contributed by atoms with Crippen LogP contribution in [0, 0.1) is 0 Å². The van der Waals surface area contributed by atoms with Gasteiger partial charge < -0.3 is 10.6 Å². The van der Waals surface area contributed by atoms with Gasteiger partial charge in [0.05, 0.1) is 16.1 Å². The molecule has 29 heavy (non-hydrogen) atoms. The highest BCUT2D eigenvalue weighted by atomic mass is 32.1. The summed E-state index contributed by atoms with van der Waals surface area (Å²) in [5.41, 5.74) is 4.24. The number of anilines is 2. The summed E-state index contributed by atoms with van der Waals surface area (Å²) in [6, 6.07) is 23.1. The monoisotopic (exact) mass is 399 g/mol. The summed E-state index contributed by atoms with van der Waals surface area (Å²) >= 11 is 1.64. The molecular weight excluding hydrogens is 382 g/mol. The number of thiazole rings is 1. The molecule has 0 radical (unpaired) electrons. The van der Waals surface area contributed by atoms with Crippen LogP contribution in [0.4, 0.5) is 11.4 Å². The highest BCUT2D eigenvalue weighted by molar-refractivity contribution is 7.21. The van der Waals surface area contributed by atoms with Gasteiger partial charge in [-0.1, -0.05) is 30.3 Å². The number of hydrogen-bond acceptors (Lipinski definition) is 4. The normalized spacial score (nSPS) is 15.6. The standard InChI is InChI=1S/C23H17N3O2S/c27-21-13-17(16-5-1-2-6-18(16)25-21)22(28)24-15-11-9-14(10-12-15)23-26-19-7-3-4-8-20(19)29-23/h1-12,17H,13H2,(H,24,28)(H,25,27).